The van der Waals surface area contributed by atoms with Crippen molar-refractivity contribution in [2.45, 2.75) is 6.54 Å². The maximum Gasteiger partial charge on any atom is 0.335 e. The first kappa shape index (κ1) is 25.5. The molecule has 7 nitrogen and oxygen atoms in total. The second-order valence-electron chi connectivity index (χ2n) is 9.05. The van der Waals surface area contributed by atoms with E-state index in [0.717, 1.165) is 22.3 Å². The summed E-state index contributed by atoms with van der Waals surface area (Å²) >= 11 is 0. The molecule has 4 aromatic rings. The zero-order valence-electron chi connectivity index (χ0n) is 21.3. The Balaban J connectivity index is 1.43. The highest BCUT2D eigenvalue weighted by molar-refractivity contribution is 6.15. The van der Waals surface area contributed by atoms with Gasteiger partial charge in [0.25, 0.3) is 5.91 Å². The smallest absolute Gasteiger partial charge is 0.335 e. The molecule has 1 aliphatic heterocycles. The number of amides is 2. The van der Waals surface area contributed by atoms with Gasteiger partial charge in [-0.1, -0.05) is 72.8 Å². The summed E-state index contributed by atoms with van der Waals surface area (Å²) in [6, 6.07) is 29.6. The molecule has 0 unspecified atom stereocenters. The fourth-order valence-electron chi connectivity index (χ4n) is 4.59. The number of anilines is 2. The Kier molecular flexibility index (Phi) is 7.23. The minimum atomic E-state index is -1.12. The molecule has 0 spiro atoms. The number of rotatable bonds is 7. The molecule has 0 bridgehead atoms. The highest BCUT2D eigenvalue weighted by Gasteiger charge is 2.33. The number of fused-ring (bicyclic) bond motifs is 1. The van der Waals surface area contributed by atoms with Crippen LogP contribution in [0.4, 0.5) is 11.4 Å². The van der Waals surface area contributed by atoms with E-state index >= 15 is 0 Å². The van der Waals surface area contributed by atoms with Crippen molar-refractivity contribution in [2.75, 3.05) is 23.5 Å². The molecule has 1 aliphatic rings. The predicted molar refractivity (Wildman–Crippen MR) is 151 cm³/mol. The Bertz CT molecular complexity index is 1560. The lowest BCUT2D eigenvalue weighted by Gasteiger charge is -2.36. The Labute approximate surface area is 226 Å². The second kappa shape index (κ2) is 11.1. The SMILES string of the molecule is COc1ccccc1CN1C(=O)CN(C(=O)/C=C/c2ccc(-c3ccccc3)cc2)c2cc(C(=O)O)ccc21. The van der Waals surface area contributed by atoms with Crippen LogP contribution in [0.2, 0.25) is 0 Å². The van der Waals surface area contributed by atoms with Gasteiger partial charge < -0.3 is 14.7 Å². The summed E-state index contributed by atoms with van der Waals surface area (Å²) < 4.78 is 5.44. The van der Waals surface area contributed by atoms with E-state index in [2.05, 4.69) is 0 Å². The molecule has 2 amide bonds. The van der Waals surface area contributed by atoms with Crippen LogP contribution in [0.15, 0.2) is 103 Å². The summed E-state index contributed by atoms with van der Waals surface area (Å²) in [6.07, 6.45) is 3.08. The van der Waals surface area contributed by atoms with E-state index in [1.165, 1.54) is 23.1 Å². The van der Waals surface area contributed by atoms with Gasteiger partial charge in [-0.3, -0.25) is 14.5 Å². The molecular formula is C32H26N2O5. The van der Waals surface area contributed by atoms with Crippen LogP contribution < -0.4 is 14.5 Å². The number of nitrogens with zero attached hydrogens (tertiary/aromatic N) is 2. The molecule has 0 aliphatic carbocycles. The zero-order chi connectivity index (χ0) is 27.4. The van der Waals surface area contributed by atoms with Crippen LogP contribution in [-0.2, 0) is 16.1 Å². The predicted octanol–water partition coefficient (Wildman–Crippen LogP) is 5.65. The van der Waals surface area contributed by atoms with Gasteiger partial charge in [0.1, 0.15) is 12.3 Å². The number of hydrogen-bond donors (Lipinski definition) is 1. The van der Waals surface area contributed by atoms with Gasteiger partial charge in [0.05, 0.1) is 30.6 Å². The molecule has 0 aromatic heterocycles. The van der Waals surface area contributed by atoms with Crippen LogP contribution in [0.25, 0.3) is 17.2 Å². The highest BCUT2D eigenvalue weighted by atomic mass is 16.5. The van der Waals surface area contributed by atoms with E-state index in [4.69, 9.17) is 4.74 Å². The number of hydrogen-bond acceptors (Lipinski definition) is 4. The molecular weight excluding hydrogens is 492 g/mol. The number of ether oxygens (including phenoxy) is 1. The number of carboxylic acid groups (broad SMARTS) is 1. The molecule has 194 valence electrons. The Morgan fingerprint density at radius 2 is 1.56 bits per heavy atom. The van der Waals surface area contributed by atoms with Gasteiger partial charge >= 0.3 is 5.97 Å². The topological polar surface area (TPSA) is 87.2 Å². The van der Waals surface area contributed by atoms with Crippen molar-refractivity contribution in [3.63, 3.8) is 0 Å². The summed E-state index contributed by atoms with van der Waals surface area (Å²) in [5.41, 5.74) is 4.61. The van der Waals surface area contributed by atoms with Crippen LogP contribution in [0.1, 0.15) is 21.5 Å². The van der Waals surface area contributed by atoms with Gasteiger partial charge in [-0.05, 0) is 47.0 Å². The molecule has 0 radical (unpaired) electrons. The minimum absolute atomic E-state index is 0.0265. The Morgan fingerprint density at radius 3 is 2.28 bits per heavy atom. The molecule has 7 heteroatoms. The Morgan fingerprint density at radius 1 is 0.872 bits per heavy atom. The maximum atomic E-state index is 13.3. The summed E-state index contributed by atoms with van der Waals surface area (Å²) in [7, 11) is 1.56. The third-order valence-corrected chi connectivity index (χ3v) is 6.62. The van der Waals surface area contributed by atoms with Crippen LogP contribution in [-0.4, -0.2) is 36.5 Å². The molecule has 1 N–H and O–H groups in total. The Hall–Kier alpha value is -5.17. The van der Waals surface area contributed by atoms with Crippen LogP contribution >= 0.6 is 0 Å². The molecule has 0 saturated carbocycles. The molecule has 5 rings (SSSR count). The third-order valence-electron chi connectivity index (χ3n) is 6.62. The van der Waals surface area contributed by atoms with Crippen LogP contribution in [0.5, 0.6) is 5.75 Å². The maximum absolute atomic E-state index is 13.3. The fourth-order valence-corrected chi connectivity index (χ4v) is 4.59. The summed E-state index contributed by atoms with van der Waals surface area (Å²) in [6.45, 7) is -0.00472. The molecule has 4 aromatic carbocycles. The van der Waals surface area contributed by atoms with Gasteiger partial charge in [-0.25, -0.2) is 4.79 Å². The fraction of sp³-hybridized carbons (Fsp3) is 0.0938. The second-order valence-corrected chi connectivity index (χ2v) is 9.05. The summed E-state index contributed by atoms with van der Waals surface area (Å²) in [5, 5.41) is 9.57. The summed E-state index contributed by atoms with van der Waals surface area (Å²) in [4.78, 5) is 41.2. The van der Waals surface area contributed by atoms with Crippen molar-refractivity contribution in [3.05, 3.63) is 120 Å². The van der Waals surface area contributed by atoms with Crippen molar-refractivity contribution in [3.8, 4) is 16.9 Å². The lowest BCUT2D eigenvalue weighted by Crippen LogP contribution is -2.47. The van der Waals surface area contributed by atoms with Gasteiger partial charge in [0, 0.05) is 11.6 Å². The number of aromatic carboxylic acids is 1. The highest BCUT2D eigenvalue weighted by Crippen LogP contribution is 2.37. The van der Waals surface area contributed by atoms with E-state index in [0.29, 0.717) is 17.1 Å². The standard InChI is InChI=1S/C32H26N2O5/c1-39-29-10-6-5-9-26(29)20-33-27-17-16-25(32(37)38)19-28(27)34(21-31(33)36)30(35)18-13-22-11-14-24(15-12-22)23-7-3-2-4-8-23/h2-19H,20-21H2,1H3,(H,37,38)/b18-13+. The van der Waals surface area contributed by atoms with Crippen molar-refractivity contribution in [1.29, 1.82) is 0 Å². The van der Waals surface area contributed by atoms with Gasteiger partial charge in [0.15, 0.2) is 0 Å². The van der Waals surface area contributed by atoms with Gasteiger partial charge in [-0.15, -0.1) is 0 Å². The first-order valence-electron chi connectivity index (χ1n) is 12.4. The average molecular weight is 519 g/mol. The van der Waals surface area contributed by atoms with Crippen molar-refractivity contribution < 1.29 is 24.2 Å². The average Bonchev–Trinajstić information content (AvgIpc) is 2.97. The van der Waals surface area contributed by atoms with E-state index in [9.17, 15) is 19.5 Å². The van der Waals surface area contributed by atoms with E-state index < -0.39 is 11.9 Å². The minimum Gasteiger partial charge on any atom is -0.496 e. The third kappa shape index (κ3) is 5.43. The van der Waals surface area contributed by atoms with Crippen LogP contribution in [0, 0.1) is 0 Å². The number of carboxylic acids is 1. The summed E-state index contributed by atoms with van der Waals surface area (Å²) in [5.74, 6) is -1.19. The van der Waals surface area contributed by atoms with Crippen LogP contribution in [0.3, 0.4) is 0 Å². The number of benzene rings is 4. The molecule has 0 atom stereocenters. The van der Waals surface area contributed by atoms with Crippen molar-refractivity contribution in [2.24, 2.45) is 0 Å². The number of carbonyl (C=O) groups is 3. The molecule has 1 heterocycles. The normalized spacial score (nSPS) is 12.9. The lowest BCUT2D eigenvalue weighted by molar-refractivity contribution is -0.120. The molecule has 0 fully saturated rings. The first-order valence-corrected chi connectivity index (χ1v) is 12.4. The zero-order valence-corrected chi connectivity index (χ0v) is 21.3. The number of para-hydroxylation sites is 1. The van der Waals surface area contributed by atoms with Gasteiger partial charge in [-0.2, -0.15) is 0 Å². The quantitative estimate of drug-likeness (QED) is 0.319. The van der Waals surface area contributed by atoms with E-state index in [1.54, 1.807) is 24.2 Å². The van der Waals surface area contributed by atoms with Gasteiger partial charge in [0.2, 0.25) is 5.91 Å². The molecule has 0 saturated heterocycles. The van der Waals surface area contributed by atoms with E-state index in [-0.39, 0.29) is 24.6 Å². The van der Waals surface area contributed by atoms with Crippen molar-refractivity contribution in [1.82, 2.24) is 0 Å². The number of methoxy groups -OCH3 is 1. The largest absolute Gasteiger partial charge is 0.496 e. The van der Waals surface area contributed by atoms with E-state index in [1.807, 2.05) is 78.9 Å². The lowest BCUT2D eigenvalue weighted by atomic mass is 10.0. The molecule has 39 heavy (non-hydrogen) atoms. The first-order chi connectivity index (χ1) is 18.9. The monoisotopic (exact) mass is 518 g/mol. The number of carbonyl (C=O) groups excluding carboxylic acids is 2. The van der Waals surface area contributed by atoms with Crippen molar-refractivity contribution >= 4 is 35.2 Å².